The molecule has 6 nitrogen and oxygen atoms in total. The number of tetrazole rings is 1. The number of aromatic nitrogens is 5. The summed E-state index contributed by atoms with van der Waals surface area (Å²) < 4.78 is 1.65. The van der Waals surface area contributed by atoms with E-state index in [4.69, 9.17) is 5.73 Å². The summed E-state index contributed by atoms with van der Waals surface area (Å²) in [6.07, 6.45) is 0. The van der Waals surface area contributed by atoms with Gasteiger partial charge in [-0.05, 0) is 42.3 Å². The molecule has 80 valence electrons. The lowest BCUT2D eigenvalue weighted by Gasteiger charge is -2.14. The van der Waals surface area contributed by atoms with Crippen LogP contribution >= 0.6 is 0 Å². The molecule has 2 aromatic rings. The number of nitrogens with two attached hydrogens (primary N) is 1. The fourth-order valence-electron chi connectivity index (χ4n) is 1.89. The van der Waals surface area contributed by atoms with E-state index in [1.807, 2.05) is 13.8 Å². The first-order valence-electron chi connectivity index (χ1n) is 4.90. The molecule has 2 aromatic heterocycles. The first-order chi connectivity index (χ1) is 7.15. The number of aryl methyl sites for hydroxylation is 2. The van der Waals surface area contributed by atoms with Crippen LogP contribution in [0.5, 0.6) is 0 Å². The standard InChI is InChI=1S/C9H14N6/c1-5(4-10)8-6(2)11-9-12-13-14-15(9)7(8)3/h5H,4,10H2,1-3H3. The maximum absolute atomic E-state index is 5.67. The Hall–Kier alpha value is -1.56. The molecule has 1 atom stereocenters. The number of rotatable bonds is 2. The van der Waals surface area contributed by atoms with Crippen molar-refractivity contribution < 1.29 is 0 Å². The highest BCUT2D eigenvalue weighted by Crippen LogP contribution is 2.21. The first kappa shape index (κ1) is 9.97. The number of hydrogen-bond donors (Lipinski definition) is 1. The van der Waals surface area contributed by atoms with E-state index in [0.29, 0.717) is 12.3 Å². The fourth-order valence-corrected chi connectivity index (χ4v) is 1.89. The highest BCUT2D eigenvalue weighted by molar-refractivity contribution is 5.36. The molecule has 15 heavy (non-hydrogen) atoms. The van der Waals surface area contributed by atoms with Gasteiger partial charge in [0.15, 0.2) is 0 Å². The molecule has 0 aromatic carbocycles. The molecule has 0 fully saturated rings. The summed E-state index contributed by atoms with van der Waals surface area (Å²) >= 11 is 0. The van der Waals surface area contributed by atoms with E-state index in [2.05, 4.69) is 27.4 Å². The normalized spacial score (nSPS) is 13.3. The highest BCUT2D eigenvalue weighted by atomic mass is 15.5. The van der Waals surface area contributed by atoms with Crippen molar-refractivity contribution in [2.75, 3.05) is 6.54 Å². The first-order valence-corrected chi connectivity index (χ1v) is 4.90. The summed E-state index contributed by atoms with van der Waals surface area (Å²) in [5.74, 6) is 0.809. The zero-order chi connectivity index (χ0) is 11.0. The van der Waals surface area contributed by atoms with E-state index in [0.717, 1.165) is 17.0 Å². The minimum Gasteiger partial charge on any atom is -0.330 e. The fraction of sp³-hybridized carbons (Fsp3) is 0.556. The van der Waals surface area contributed by atoms with Crippen LogP contribution in [0.1, 0.15) is 29.8 Å². The smallest absolute Gasteiger partial charge is 0.273 e. The summed E-state index contributed by atoms with van der Waals surface area (Å²) in [6, 6.07) is 0. The van der Waals surface area contributed by atoms with Gasteiger partial charge >= 0.3 is 0 Å². The molecule has 0 amide bonds. The van der Waals surface area contributed by atoms with Gasteiger partial charge in [0.1, 0.15) is 0 Å². The van der Waals surface area contributed by atoms with E-state index in [1.54, 1.807) is 4.52 Å². The Morgan fingerprint density at radius 3 is 2.80 bits per heavy atom. The van der Waals surface area contributed by atoms with Gasteiger partial charge in [-0.15, -0.1) is 0 Å². The van der Waals surface area contributed by atoms with Gasteiger partial charge in [-0.3, -0.25) is 0 Å². The lowest BCUT2D eigenvalue weighted by Crippen LogP contribution is -2.15. The van der Waals surface area contributed by atoms with Gasteiger partial charge in [0.2, 0.25) is 0 Å². The molecule has 0 radical (unpaired) electrons. The van der Waals surface area contributed by atoms with Crippen LogP contribution in [0.25, 0.3) is 5.78 Å². The van der Waals surface area contributed by atoms with Crippen molar-refractivity contribution in [3.8, 4) is 0 Å². The molecule has 0 saturated carbocycles. The molecule has 0 saturated heterocycles. The quantitative estimate of drug-likeness (QED) is 0.759. The minimum atomic E-state index is 0.270. The Labute approximate surface area is 87.5 Å². The van der Waals surface area contributed by atoms with Crippen LogP contribution in [0.2, 0.25) is 0 Å². The zero-order valence-corrected chi connectivity index (χ0v) is 9.10. The van der Waals surface area contributed by atoms with Crippen molar-refractivity contribution in [1.82, 2.24) is 25.0 Å². The van der Waals surface area contributed by atoms with E-state index >= 15 is 0 Å². The van der Waals surface area contributed by atoms with Gasteiger partial charge in [-0.1, -0.05) is 12.0 Å². The molecule has 2 N–H and O–H groups in total. The third-order valence-electron chi connectivity index (χ3n) is 2.66. The second-order valence-corrected chi connectivity index (χ2v) is 3.72. The maximum atomic E-state index is 5.67. The van der Waals surface area contributed by atoms with E-state index < -0.39 is 0 Å². The second kappa shape index (κ2) is 3.54. The molecule has 0 aliphatic rings. The third-order valence-corrected chi connectivity index (χ3v) is 2.66. The second-order valence-electron chi connectivity index (χ2n) is 3.72. The predicted octanol–water partition coefficient (Wildman–Crippen LogP) is 0.198. The number of hydrogen-bond acceptors (Lipinski definition) is 5. The van der Waals surface area contributed by atoms with Gasteiger partial charge in [0, 0.05) is 5.69 Å². The van der Waals surface area contributed by atoms with Crippen molar-refractivity contribution >= 4 is 5.78 Å². The van der Waals surface area contributed by atoms with E-state index in [9.17, 15) is 0 Å². The van der Waals surface area contributed by atoms with Gasteiger partial charge in [0.05, 0.1) is 5.69 Å². The summed E-state index contributed by atoms with van der Waals surface area (Å²) in [6.45, 7) is 6.62. The van der Waals surface area contributed by atoms with Gasteiger partial charge < -0.3 is 5.73 Å². The Kier molecular flexibility index (Phi) is 2.36. The molecular formula is C9H14N6. The van der Waals surface area contributed by atoms with Crippen LogP contribution < -0.4 is 5.73 Å². The lowest BCUT2D eigenvalue weighted by atomic mass is 9.98. The molecule has 6 heteroatoms. The minimum absolute atomic E-state index is 0.270. The zero-order valence-electron chi connectivity index (χ0n) is 9.10. The van der Waals surface area contributed by atoms with E-state index in [-0.39, 0.29) is 5.92 Å². The predicted molar refractivity (Wildman–Crippen MR) is 55.5 cm³/mol. The average Bonchev–Trinajstić information content (AvgIpc) is 2.65. The van der Waals surface area contributed by atoms with Crippen LogP contribution in [-0.4, -0.2) is 31.6 Å². The molecular weight excluding hydrogens is 192 g/mol. The van der Waals surface area contributed by atoms with Crippen molar-refractivity contribution in [1.29, 1.82) is 0 Å². The number of nitrogens with zero attached hydrogens (tertiary/aromatic N) is 5. The Morgan fingerprint density at radius 2 is 2.13 bits per heavy atom. The molecule has 0 aliphatic heterocycles. The molecule has 2 rings (SSSR count). The van der Waals surface area contributed by atoms with Crippen molar-refractivity contribution in [2.45, 2.75) is 26.7 Å². The summed E-state index contributed by atoms with van der Waals surface area (Å²) in [7, 11) is 0. The SMILES string of the molecule is Cc1nc2nnnn2c(C)c1C(C)CN. The third kappa shape index (κ3) is 1.46. The summed E-state index contributed by atoms with van der Waals surface area (Å²) in [5, 5.41) is 11.3. The summed E-state index contributed by atoms with van der Waals surface area (Å²) in [4.78, 5) is 4.34. The van der Waals surface area contributed by atoms with E-state index in [1.165, 1.54) is 0 Å². The van der Waals surface area contributed by atoms with Crippen molar-refractivity contribution in [3.05, 3.63) is 17.0 Å². The molecule has 0 bridgehead atoms. The lowest BCUT2D eigenvalue weighted by molar-refractivity contribution is 0.717. The van der Waals surface area contributed by atoms with Crippen molar-refractivity contribution in [2.24, 2.45) is 5.73 Å². The van der Waals surface area contributed by atoms with Gasteiger partial charge in [-0.2, -0.15) is 4.52 Å². The Bertz CT molecular complexity index is 489. The van der Waals surface area contributed by atoms with Crippen LogP contribution in [0.15, 0.2) is 0 Å². The van der Waals surface area contributed by atoms with Gasteiger partial charge in [-0.25, -0.2) is 4.98 Å². The maximum Gasteiger partial charge on any atom is 0.273 e. The molecule has 1 unspecified atom stereocenters. The monoisotopic (exact) mass is 206 g/mol. The molecule has 2 heterocycles. The topological polar surface area (TPSA) is 82.0 Å². The molecule has 0 spiro atoms. The highest BCUT2D eigenvalue weighted by Gasteiger charge is 2.15. The van der Waals surface area contributed by atoms with Gasteiger partial charge in [0.25, 0.3) is 5.78 Å². The Morgan fingerprint density at radius 1 is 1.40 bits per heavy atom. The van der Waals surface area contributed by atoms with Crippen LogP contribution in [0.3, 0.4) is 0 Å². The van der Waals surface area contributed by atoms with Crippen molar-refractivity contribution in [3.63, 3.8) is 0 Å². The van der Waals surface area contributed by atoms with Crippen LogP contribution in [0, 0.1) is 13.8 Å². The average molecular weight is 206 g/mol. The van der Waals surface area contributed by atoms with Crippen LogP contribution in [0.4, 0.5) is 0 Å². The summed E-state index contributed by atoms with van der Waals surface area (Å²) in [5.41, 5.74) is 8.77. The number of fused-ring (bicyclic) bond motifs is 1. The van der Waals surface area contributed by atoms with Crippen LogP contribution in [-0.2, 0) is 0 Å². The molecule has 0 aliphatic carbocycles. The Balaban J connectivity index is 2.72. The largest absolute Gasteiger partial charge is 0.330 e.